The van der Waals surface area contributed by atoms with Crippen LogP contribution in [-0.4, -0.2) is 81.7 Å². The fourth-order valence-corrected chi connectivity index (χ4v) is 7.46. The first-order valence-electron chi connectivity index (χ1n) is 13.5. The third-order valence-electron chi connectivity index (χ3n) is 8.88. The Morgan fingerprint density at radius 2 is 1.83 bits per heavy atom. The Bertz CT molecular complexity index is 1070. The van der Waals surface area contributed by atoms with Gasteiger partial charge in [0.05, 0.1) is 12.7 Å². The summed E-state index contributed by atoms with van der Waals surface area (Å²) in [6.45, 7) is 4.83. The standard InChI is InChI=1S/C27H41N3O5S/c1-26(9-10-26)25(32)30-13-11-27(12-14-30)18-29(2)17-22(31)16-28-36(33,34)24-8-7-21(15-23(24)35-19-27)20-5-3-4-6-20/h7-8,15,20,22,28,31H,3-6,9-14,16-19H2,1-2H3. The SMILES string of the molecule is CN1CC(O)CNS(=O)(=O)c2ccc(C3CCCC3)cc2OCC2(CCN(C(=O)C3(C)CC3)CC2)C1. The van der Waals surface area contributed by atoms with E-state index in [0.29, 0.717) is 44.5 Å². The van der Waals surface area contributed by atoms with Gasteiger partial charge in [0.15, 0.2) is 0 Å². The molecule has 2 N–H and O–H groups in total. The number of aliphatic hydroxyl groups excluding tert-OH is 1. The number of hydrogen-bond donors (Lipinski definition) is 2. The number of sulfonamides is 1. The van der Waals surface area contributed by atoms with Gasteiger partial charge in [-0.2, -0.15) is 0 Å². The molecule has 36 heavy (non-hydrogen) atoms. The number of β-amino-alcohol motifs (C(OH)–C–C–N with tert-alkyl or cyclic N) is 1. The zero-order valence-corrected chi connectivity index (χ0v) is 22.5. The molecular formula is C27H41N3O5S. The van der Waals surface area contributed by atoms with E-state index in [1.807, 2.05) is 24.1 Å². The maximum atomic E-state index is 13.2. The van der Waals surface area contributed by atoms with E-state index in [9.17, 15) is 18.3 Å². The van der Waals surface area contributed by atoms with Crippen LogP contribution in [-0.2, 0) is 14.8 Å². The molecule has 2 aliphatic carbocycles. The lowest BCUT2D eigenvalue weighted by atomic mass is 9.78. The Balaban J connectivity index is 1.42. The van der Waals surface area contributed by atoms with Gasteiger partial charge in [0, 0.05) is 43.6 Å². The second kappa shape index (κ2) is 9.89. The molecule has 1 atom stereocenters. The lowest BCUT2D eigenvalue weighted by Gasteiger charge is -2.44. The van der Waals surface area contributed by atoms with Crippen molar-refractivity contribution in [2.75, 3.05) is 46.4 Å². The highest BCUT2D eigenvalue weighted by Gasteiger charge is 2.49. The Kier molecular flexibility index (Phi) is 7.13. The summed E-state index contributed by atoms with van der Waals surface area (Å²) in [6, 6.07) is 5.52. The van der Waals surface area contributed by atoms with Crippen LogP contribution in [0.1, 0.15) is 69.8 Å². The minimum atomic E-state index is -3.84. The first kappa shape index (κ1) is 25.9. The molecule has 4 aliphatic rings. The molecule has 200 valence electrons. The van der Waals surface area contributed by atoms with Crippen molar-refractivity contribution in [3.05, 3.63) is 23.8 Å². The quantitative estimate of drug-likeness (QED) is 0.624. The zero-order chi connectivity index (χ0) is 25.6. The number of carbonyl (C=O) groups excluding carboxylic acids is 1. The van der Waals surface area contributed by atoms with Crippen LogP contribution in [0.2, 0.25) is 0 Å². The summed E-state index contributed by atoms with van der Waals surface area (Å²) in [6.07, 6.45) is 7.34. The average Bonchev–Trinajstić information content (AvgIpc) is 3.36. The Hall–Kier alpha value is -1.68. The van der Waals surface area contributed by atoms with Crippen molar-refractivity contribution in [1.82, 2.24) is 14.5 Å². The van der Waals surface area contributed by atoms with Crippen molar-refractivity contribution in [3.63, 3.8) is 0 Å². The lowest BCUT2D eigenvalue weighted by molar-refractivity contribution is -0.139. The molecule has 3 fully saturated rings. The molecule has 1 unspecified atom stereocenters. The van der Waals surface area contributed by atoms with Crippen molar-refractivity contribution < 1.29 is 23.1 Å². The molecule has 9 heteroatoms. The number of likely N-dealkylation sites (N-methyl/N-ethyl adjacent to an activating group) is 1. The monoisotopic (exact) mass is 519 g/mol. The molecule has 1 saturated heterocycles. The molecular weight excluding hydrogens is 478 g/mol. The first-order valence-corrected chi connectivity index (χ1v) is 15.0. The Morgan fingerprint density at radius 3 is 2.50 bits per heavy atom. The van der Waals surface area contributed by atoms with Gasteiger partial charge in [-0.1, -0.05) is 25.8 Å². The summed E-state index contributed by atoms with van der Waals surface area (Å²) in [7, 11) is -1.88. The largest absolute Gasteiger partial charge is 0.492 e. The molecule has 1 amide bonds. The smallest absolute Gasteiger partial charge is 0.244 e. The van der Waals surface area contributed by atoms with Crippen molar-refractivity contribution in [2.24, 2.45) is 10.8 Å². The highest BCUT2D eigenvalue weighted by atomic mass is 32.2. The van der Waals surface area contributed by atoms with Crippen LogP contribution in [0, 0.1) is 10.8 Å². The van der Waals surface area contributed by atoms with E-state index in [1.165, 1.54) is 12.8 Å². The van der Waals surface area contributed by atoms with Crippen molar-refractivity contribution >= 4 is 15.9 Å². The van der Waals surface area contributed by atoms with E-state index < -0.39 is 16.1 Å². The number of rotatable bonds is 2. The third kappa shape index (κ3) is 5.44. The van der Waals surface area contributed by atoms with Gasteiger partial charge in [-0.15, -0.1) is 0 Å². The van der Waals surface area contributed by atoms with Gasteiger partial charge in [0.1, 0.15) is 10.6 Å². The van der Waals surface area contributed by atoms with Crippen LogP contribution < -0.4 is 9.46 Å². The molecule has 2 saturated carbocycles. The number of likely N-dealkylation sites (tertiary alicyclic amines) is 1. The molecule has 1 aromatic rings. The predicted molar refractivity (Wildman–Crippen MR) is 137 cm³/mol. The number of nitrogens with one attached hydrogen (secondary N) is 1. The second-order valence-electron chi connectivity index (χ2n) is 12.0. The van der Waals surface area contributed by atoms with E-state index in [-0.39, 0.29) is 28.2 Å². The fourth-order valence-electron chi connectivity index (χ4n) is 6.26. The molecule has 2 heterocycles. The highest BCUT2D eigenvalue weighted by molar-refractivity contribution is 7.89. The second-order valence-corrected chi connectivity index (χ2v) is 13.8. The summed E-state index contributed by atoms with van der Waals surface area (Å²) in [5, 5.41) is 10.6. The van der Waals surface area contributed by atoms with Crippen LogP contribution >= 0.6 is 0 Å². The molecule has 0 aromatic heterocycles. The maximum absolute atomic E-state index is 13.2. The van der Waals surface area contributed by atoms with Crippen LogP contribution in [0.3, 0.4) is 0 Å². The third-order valence-corrected chi connectivity index (χ3v) is 10.3. The average molecular weight is 520 g/mol. The van der Waals surface area contributed by atoms with Crippen LogP contribution in [0.15, 0.2) is 23.1 Å². The van der Waals surface area contributed by atoms with Crippen molar-refractivity contribution in [3.8, 4) is 5.75 Å². The van der Waals surface area contributed by atoms with Gasteiger partial charge in [0.2, 0.25) is 15.9 Å². The zero-order valence-electron chi connectivity index (χ0n) is 21.7. The number of ether oxygens (including phenoxy) is 1. The number of nitrogens with zero attached hydrogens (tertiary/aromatic N) is 2. The first-order chi connectivity index (χ1) is 17.1. The number of amides is 1. The number of aliphatic hydroxyl groups is 1. The van der Waals surface area contributed by atoms with Crippen LogP contribution in [0.25, 0.3) is 0 Å². The van der Waals surface area contributed by atoms with Gasteiger partial charge in [-0.25, -0.2) is 13.1 Å². The molecule has 5 rings (SSSR count). The lowest BCUT2D eigenvalue weighted by Crippen LogP contribution is -2.52. The van der Waals surface area contributed by atoms with E-state index in [4.69, 9.17) is 4.74 Å². The normalized spacial score (nSPS) is 28.5. The van der Waals surface area contributed by atoms with Crippen molar-refractivity contribution in [1.29, 1.82) is 0 Å². The van der Waals surface area contributed by atoms with E-state index in [2.05, 4.69) is 16.5 Å². The number of carbonyl (C=O) groups is 1. The number of benzene rings is 1. The predicted octanol–water partition coefficient (Wildman–Crippen LogP) is 2.72. The molecule has 8 nitrogen and oxygen atoms in total. The number of fused-ring (bicyclic) bond motifs is 1. The molecule has 1 aromatic carbocycles. The summed E-state index contributed by atoms with van der Waals surface area (Å²) in [5.41, 5.74) is 0.732. The maximum Gasteiger partial charge on any atom is 0.244 e. The van der Waals surface area contributed by atoms with Gasteiger partial charge >= 0.3 is 0 Å². The Morgan fingerprint density at radius 1 is 1.14 bits per heavy atom. The summed E-state index contributed by atoms with van der Waals surface area (Å²) < 4.78 is 35.4. The molecule has 1 spiro atoms. The number of hydrogen-bond acceptors (Lipinski definition) is 6. The summed E-state index contributed by atoms with van der Waals surface area (Å²) >= 11 is 0. The van der Waals surface area contributed by atoms with Crippen LogP contribution in [0.4, 0.5) is 0 Å². The van der Waals surface area contributed by atoms with E-state index in [0.717, 1.165) is 44.1 Å². The van der Waals surface area contributed by atoms with Crippen molar-refractivity contribution in [2.45, 2.75) is 75.2 Å². The topological polar surface area (TPSA) is 99.2 Å². The molecule has 2 aliphatic heterocycles. The summed E-state index contributed by atoms with van der Waals surface area (Å²) in [4.78, 5) is 17.2. The fraction of sp³-hybridized carbons (Fsp3) is 0.741. The van der Waals surface area contributed by atoms with E-state index in [1.54, 1.807) is 6.07 Å². The summed E-state index contributed by atoms with van der Waals surface area (Å²) in [5.74, 6) is 1.10. The molecule has 0 bridgehead atoms. The van der Waals surface area contributed by atoms with E-state index >= 15 is 0 Å². The van der Waals surface area contributed by atoms with Gasteiger partial charge in [-0.05, 0) is 69.2 Å². The minimum absolute atomic E-state index is 0.0512. The van der Waals surface area contributed by atoms with Gasteiger partial charge in [-0.3, -0.25) is 4.79 Å². The highest BCUT2D eigenvalue weighted by Crippen LogP contribution is 2.47. The number of piperidine rings is 1. The van der Waals surface area contributed by atoms with Crippen LogP contribution in [0.5, 0.6) is 5.75 Å². The minimum Gasteiger partial charge on any atom is -0.492 e. The van der Waals surface area contributed by atoms with Gasteiger partial charge in [0.25, 0.3) is 0 Å². The molecule has 0 radical (unpaired) electrons. The van der Waals surface area contributed by atoms with Gasteiger partial charge < -0.3 is 19.6 Å². The Labute approximate surface area is 215 Å².